The van der Waals surface area contributed by atoms with Gasteiger partial charge in [-0.2, -0.15) is 0 Å². The molecule has 3 heteroatoms. The fraction of sp³-hybridized carbons (Fsp3) is 0.696. The number of nitrogens with two attached hydrogens (primary N) is 1. The Hall–Kier alpha value is -1.35. The zero-order valence-corrected chi connectivity index (χ0v) is 16.3. The van der Waals surface area contributed by atoms with Gasteiger partial charge in [-0.15, -0.1) is 0 Å². The Morgan fingerprint density at radius 3 is 2.19 bits per heavy atom. The smallest absolute Gasteiger partial charge is 0.234 e. The van der Waals surface area contributed by atoms with Gasteiger partial charge in [-0.05, 0) is 92.9 Å². The number of carbonyl (C=O) groups excluding carboxylic acids is 1. The summed E-state index contributed by atoms with van der Waals surface area (Å²) in [7, 11) is 0. The number of primary amides is 1. The number of amides is 1. The van der Waals surface area contributed by atoms with Crippen molar-refractivity contribution in [2.45, 2.75) is 83.2 Å². The van der Waals surface area contributed by atoms with Crippen LogP contribution in [-0.2, 0) is 17.6 Å². The summed E-state index contributed by atoms with van der Waals surface area (Å²) in [5.74, 6) is 1.64. The van der Waals surface area contributed by atoms with Crippen molar-refractivity contribution in [2.24, 2.45) is 17.6 Å². The van der Waals surface area contributed by atoms with Gasteiger partial charge in [-0.25, -0.2) is 0 Å². The molecule has 0 bridgehead atoms. The standard InChI is InChI=1S/C23H34N2O/c1-2-20(25-13-4-3-8-21(25)23(24)26)22-18(14-16-9-10-16)6-5-7-19(22)15-17-11-12-17/h5-7,16-17,20-21H,2-4,8-15H2,1H3,(H2,24,26)/t20-,21?/m0/s1. The Bertz CT molecular complexity index is 615. The highest BCUT2D eigenvalue weighted by atomic mass is 16.1. The molecule has 26 heavy (non-hydrogen) atoms. The molecule has 2 aliphatic carbocycles. The zero-order chi connectivity index (χ0) is 18.1. The highest BCUT2D eigenvalue weighted by Crippen LogP contribution is 2.41. The predicted molar refractivity (Wildman–Crippen MR) is 106 cm³/mol. The lowest BCUT2D eigenvalue weighted by molar-refractivity contribution is -0.125. The molecule has 0 aromatic heterocycles. The minimum absolute atomic E-state index is 0.0866. The van der Waals surface area contributed by atoms with E-state index < -0.39 is 0 Å². The van der Waals surface area contributed by atoms with E-state index in [9.17, 15) is 4.79 Å². The maximum atomic E-state index is 12.1. The van der Waals surface area contributed by atoms with Crippen molar-refractivity contribution in [3.63, 3.8) is 0 Å². The fourth-order valence-corrected chi connectivity index (χ4v) is 4.95. The number of benzene rings is 1. The van der Waals surface area contributed by atoms with Crippen LogP contribution < -0.4 is 5.73 Å². The third-order valence-corrected chi connectivity index (χ3v) is 6.69. The number of hydrogen-bond donors (Lipinski definition) is 1. The molecule has 3 fully saturated rings. The summed E-state index contributed by atoms with van der Waals surface area (Å²) in [4.78, 5) is 14.6. The van der Waals surface area contributed by atoms with Gasteiger partial charge in [-0.3, -0.25) is 9.69 Å². The number of piperidine rings is 1. The van der Waals surface area contributed by atoms with Crippen LogP contribution in [0.5, 0.6) is 0 Å². The quantitative estimate of drug-likeness (QED) is 0.753. The third kappa shape index (κ3) is 3.98. The Balaban J connectivity index is 1.70. The minimum Gasteiger partial charge on any atom is -0.368 e. The first kappa shape index (κ1) is 18.0. The van der Waals surface area contributed by atoms with Crippen molar-refractivity contribution in [1.82, 2.24) is 4.90 Å². The van der Waals surface area contributed by atoms with Crippen LogP contribution >= 0.6 is 0 Å². The van der Waals surface area contributed by atoms with E-state index in [1.807, 2.05) is 0 Å². The molecular weight excluding hydrogens is 320 g/mol. The first-order valence-corrected chi connectivity index (χ1v) is 10.8. The largest absolute Gasteiger partial charge is 0.368 e. The normalized spacial score (nSPS) is 25.2. The summed E-state index contributed by atoms with van der Waals surface area (Å²) in [6.07, 6.45) is 12.3. The van der Waals surface area contributed by atoms with Crippen LogP contribution in [0, 0.1) is 11.8 Å². The summed E-state index contributed by atoms with van der Waals surface area (Å²) in [6.45, 7) is 3.29. The molecule has 2 N–H and O–H groups in total. The Morgan fingerprint density at radius 2 is 1.69 bits per heavy atom. The highest BCUT2D eigenvalue weighted by molar-refractivity contribution is 5.80. The number of rotatable bonds is 8. The Kier molecular flexibility index (Phi) is 5.35. The lowest BCUT2D eigenvalue weighted by Gasteiger charge is -2.41. The molecule has 142 valence electrons. The van der Waals surface area contributed by atoms with E-state index in [0.717, 1.165) is 37.6 Å². The first-order chi connectivity index (χ1) is 12.7. The molecule has 1 unspecified atom stereocenters. The summed E-state index contributed by atoms with van der Waals surface area (Å²) < 4.78 is 0. The monoisotopic (exact) mass is 354 g/mol. The Morgan fingerprint density at radius 1 is 1.08 bits per heavy atom. The molecule has 1 aromatic carbocycles. The minimum atomic E-state index is -0.133. The maximum Gasteiger partial charge on any atom is 0.234 e. The van der Waals surface area contributed by atoms with E-state index in [0.29, 0.717) is 6.04 Å². The van der Waals surface area contributed by atoms with E-state index in [1.165, 1.54) is 44.9 Å². The van der Waals surface area contributed by atoms with E-state index in [2.05, 4.69) is 30.0 Å². The molecule has 1 aliphatic heterocycles. The van der Waals surface area contributed by atoms with Crippen molar-refractivity contribution in [3.8, 4) is 0 Å². The number of nitrogens with zero attached hydrogens (tertiary/aromatic N) is 1. The van der Waals surface area contributed by atoms with Crippen molar-refractivity contribution >= 4 is 5.91 Å². The predicted octanol–water partition coefficient (Wildman–Crippen LogP) is 4.38. The van der Waals surface area contributed by atoms with Gasteiger partial charge in [0.2, 0.25) is 5.91 Å². The average molecular weight is 355 g/mol. The molecule has 1 aromatic rings. The van der Waals surface area contributed by atoms with E-state index in [-0.39, 0.29) is 11.9 Å². The van der Waals surface area contributed by atoms with Crippen LogP contribution in [0.25, 0.3) is 0 Å². The number of likely N-dealkylation sites (tertiary alicyclic amines) is 1. The van der Waals surface area contributed by atoms with Crippen molar-refractivity contribution in [2.75, 3.05) is 6.54 Å². The van der Waals surface area contributed by atoms with Gasteiger partial charge in [0.25, 0.3) is 0 Å². The van der Waals surface area contributed by atoms with Gasteiger partial charge >= 0.3 is 0 Å². The summed E-state index contributed by atoms with van der Waals surface area (Å²) in [5.41, 5.74) is 10.5. The van der Waals surface area contributed by atoms with Gasteiger partial charge in [0.05, 0.1) is 6.04 Å². The second kappa shape index (κ2) is 7.72. The second-order valence-electron chi connectivity index (χ2n) is 8.86. The maximum absolute atomic E-state index is 12.1. The summed E-state index contributed by atoms with van der Waals surface area (Å²) >= 11 is 0. The molecule has 2 saturated carbocycles. The zero-order valence-electron chi connectivity index (χ0n) is 16.3. The van der Waals surface area contributed by atoms with Gasteiger partial charge in [-0.1, -0.05) is 31.5 Å². The van der Waals surface area contributed by atoms with Crippen LogP contribution in [0.4, 0.5) is 0 Å². The van der Waals surface area contributed by atoms with Gasteiger partial charge < -0.3 is 5.73 Å². The molecule has 4 rings (SSSR count). The van der Waals surface area contributed by atoms with Crippen LogP contribution in [0.3, 0.4) is 0 Å². The number of hydrogen-bond acceptors (Lipinski definition) is 2. The van der Waals surface area contributed by atoms with Crippen molar-refractivity contribution in [3.05, 3.63) is 34.9 Å². The molecule has 1 amide bonds. The number of carbonyl (C=O) groups is 1. The van der Waals surface area contributed by atoms with Crippen molar-refractivity contribution in [1.29, 1.82) is 0 Å². The van der Waals surface area contributed by atoms with Crippen LogP contribution in [-0.4, -0.2) is 23.4 Å². The molecular formula is C23H34N2O. The van der Waals surface area contributed by atoms with Gasteiger partial charge in [0, 0.05) is 6.04 Å². The van der Waals surface area contributed by atoms with Crippen LogP contribution in [0.2, 0.25) is 0 Å². The van der Waals surface area contributed by atoms with Crippen molar-refractivity contribution < 1.29 is 4.79 Å². The van der Waals surface area contributed by atoms with E-state index in [1.54, 1.807) is 16.7 Å². The second-order valence-corrected chi connectivity index (χ2v) is 8.86. The van der Waals surface area contributed by atoms with Gasteiger partial charge in [0.15, 0.2) is 0 Å². The first-order valence-electron chi connectivity index (χ1n) is 10.8. The molecule has 3 aliphatic rings. The van der Waals surface area contributed by atoms with Crippen LogP contribution in [0.15, 0.2) is 18.2 Å². The lowest BCUT2D eigenvalue weighted by Crippen LogP contribution is -2.49. The Labute approximate surface area is 158 Å². The summed E-state index contributed by atoms with van der Waals surface area (Å²) in [5, 5.41) is 0. The molecule has 1 heterocycles. The van der Waals surface area contributed by atoms with Crippen LogP contribution in [0.1, 0.15) is 81.0 Å². The molecule has 1 saturated heterocycles. The highest BCUT2D eigenvalue weighted by Gasteiger charge is 2.35. The third-order valence-electron chi connectivity index (χ3n) is 6.69. The topological polar surface area (TPSA) is 46.3 Å². The molecule has 0 spiro atoms. The molecule has 0 radical (unpaired) electrons. The van der Waals surface area contributed by atoms with E-state index >= 15 is 0 Å². The van der Waals surface area contributed by atoms with Gasteiger partial charge in [0.1, 0.15) is 0 Å². The fourth-order valence-electron chi connectivity index (χ4n) is 4.95. The van der Waals surface area contributed by atoms with E-state index in [4.69, 9.17) is 5.73 Å². The lowest BCUT2D eigenvalue weighted by atomic mass is 9.85. The molecule has 3 nitrogen and oxygen atoms in total. The SMILES string of the molecule is CC[C@@H](c1c(CC2CC2)cccc1CC1CC1)N1CCCCC1C(N)=O. The molecule has 2 atom stereocenters. The average Bonchev–Trinajstić information content (AvgIpc) is 3.54. The summed E-state index contributed by atoms with van der Waals surface area (Å²) in [6, 6.07) is 7.24.